The van der Waals surface area contributed by atoms with Gasteiger partial charge in [0.15, 0.2) is 0 Å². The SMILES string of the molecule is c1ccc(Oc2ccc(Sc3cc(Nc4cccc(NB5CO5)c4)ncn3)cc2)cc1. The summed E-state index contributed by atoms with van der Waals surface area (Å²) < 4.78 is 11.1. The number of para-hydroxylation sites is 1. The molecule has 1 aliphatic heterocycles. The minimum absolute atomic E-state index is 0.127. The smallest absolute Gasteiger partial charge is 0.438 e. The monoisotopic (exact) mass is 426 g/mol. The minimum atomic E-state index is 0.127. The number of ether oxygens (including phenoxy) is 1. The molecule has 0 atom stereocenters. The zero-order valence-corrected chi connectivity index (χ0v) is 17.4. The standard InChI is InChI=1S/C23H19BN4O2S/c1-2-7-19(8-3-1)30-20-9-11-21(12-10-20)31-23-14-22(25-16-26-23)27-17-5-4-6-18(13-17)28-24-15-29-24/h1-14,16,28H,15H2,(H,25,26,27). The van der Waals surface area contributed by atoms with Crippen molar-refractivity contribution in [3.8, 4) is 11.5 Å². The van der Waals surface area contributed by atoms with Gasteiger partial charge < -0.3 is 19.9 Å². The van der Waals surface area contributed by atoms with E-state index in [9.17, 15) is 0 Å². The van der Waals surface area contributed by atoms with Gasteiger partial charge in [-0.15, -0.1) is 0 Å². The third kappa shape index (κ3) is 5.56. The van der Waals surface area contributed by atoms with Gasteiger partial charge >= 0.3 is 7.05 Å². The van der Waals surface area contributed by atoms with Crippen LogP contribution in [0.1, 0.15) is 0 Å². The molecule has 1 aromatic heterocycles. The summed E-state index contributed by atoms with van der Waals surface area (Å²) in [7, 11) is 0.127. The summed E-state index contributed by atoms with van der Waals surface area (Å²) in [5.74, 6) is 2.35. The van der Waals surface area contributed by atoms with Gasteiger partial charge in [0.1, 0.15) is 28.7 Å². The zero-order valence-electron chi connectivity index (χ0n) is 16.6. The Morgan fingerprint density at radius 2 is 1.61 bits per heavy atom. The number of hydrogen-bond donors (Lipinski definition) is 2. The predicted molar refractivity (Wildman–Crippen MR) is 124 cm³/mol. The van der Waals surface area contributed by atoms with Crippen molar-refractivity contribution in [1.29, 1.82) is 0 Å². The van der Waals surface area contributed by atoms with Crippen molar-refractivity contribution in [2.45, 2.75) is 9.92 Å². The summed E-state index contributed by atoms with van der Waals surface area (Å²) in [5.41, 5.74) is 1.96. The van der Waals surface area contributed by atoms with E-state index in [-0.39, 0.29) is 7.05 Å². The maximum atomic E-state index is 5.85. The van der Waals surface area contributed by atoms with Crippen molar-refractivity contribution in [1.82, 2.24) is 9.97 Å². The predicted octanol–water partition coefficient (Wildman–Crippen LogP) is 5.63. The van der Waals surface area contributed by atoms with Gasteiger partial charge in [0.2, 0.25) is 0 Å². The fourth-order valence-electron chi connectivity index (χ4n) is 2.94. The lowest BCUT2D eigenvalue weighted by Crippen LogP contribution is -2.08. The summed E-state index contributed by atoms with van der Waals surface area (Å²) in [6, 6.07) is 27.7. The number of hydrogen-bond acceptors (Lipinski definition) is 7. The molecule has 8 heteroatoms. The number of nitrogens with zero attached hydrogens (tertiary/aromatic N) is 2. The number of rotatable bonds is 8. The van der Waals surface area contributed by atoms with E-state index in [0.29, 0.717) is 0 Å². The minimum Gasteiger partial charge on any atom is -0.457 e. The van der Waals surface area contributed by atoms with Crippen molar-refractivity contribution in [2.24, 2.45) is 0 Å². The summed E-state index contributed by atoms with van der Waals surface area (Å²) >= 11 is 1.57. The van der Waals surface area contributed by atoms with Crippen LogP contribution in [0.25, 0.3) is 0 Å². The topological polar surface area (TPSA) is 71.6 Å². The van der Waals surface area contributed by atoms with Crippen LogP contribution in [0.4, 0.5) is 17.2 Å². The van der Waals surface area contributed by atoms with Crippen molar-refractivity contribution in [3.63, 3.8) is 0 Å². The van der Waals surface area contributed by atoms with Crippen LogP contribution in [0.2, 0.25) is 0 Å². The second-order valence-electron chi connectivity index (χ2n) is 6.90. The first-order chi connectivity index (χ1) is 15.3. The molecule has 0 unspecified atom stereocenters. The highest BCUT2D eigenvalue weighted by molar-refractivity contribution is 7.99. The summed E-state index contributed by atoms with van der Waals surface area (Å²) in [4.78, 5) is 9.79. The maximum Gasteiger partial charge on any atom is 0.438 e. The van der Waals surface area contributed by atoms with Crippen LogP contribution in [-0.4, -0.2) is 23.5 Å². The van der Waals surface area contributed by atoms with Crippen LogP contribution < -0.4 is 15.3 Å². The Bertz CT molecular complexity index is 1160. The Hall–Kier alpha value is -3.49. The van der Waals surface area contributed by atoms with E-state index in [1.807, 2.05) is 84.9 Å². The van der Waals surface area contributed by atoms with Gasteiger partial charge in [-0.05, 0) is 54.6 Å². The fraction of sp³-hybridized carbons (Fsp3) is 0.0435. The molecule has 1 saturated heterocycles. The van der Waals surface area contributed by atoms with Gasteiger partial charge in [0.25, 0.3) is 0 Å². The van der Waals surface area contributed by atoms with Gasteiger partial charge in [0.05, 0.1) is 6.51 Å². The molecule has 6 nitrogen and oxygen atoms in total. The van der Waals surface area contributed by atoms with Crippen LogP contribution in [0, 0.1) is 0 Å². The Balaban J connectivity index is 1.23. The van der Waals surface area contributed by atoms with E-state index in [2.05, 4.69) is 20.5 Å². The first kappa shape index (κ1) is 19.5. The number of aromatic nitrogens is 2. The van der Waals surface area contributed by atoms with Gasteiger partial charge in [-0.2, -0.15) is 0 Å². The van der Waals surface area contributed by atoms with Crippen molar-refractivity contribution >= 4 is 36.0 Å². The zero-order chi connectivity index (χ0) is 20.9. The maximum absolute atomic E-state index is 5.85. The van der Waals surface area contributed by atoms with Gasteiger partial charge in [0, 0.05) is 22.3 Å². The molecule has 0 bridgehead atoms. The Morgan fingerprint density at radius 1 is 0.839 bits per heavy atom. The normalized spacial score (nSPS) is 12.3. The molecule has 0 saturated carbocycles. The number of anilines is 3. The van der Waals surface area contributed by atoms with Crippen molar-refractivity contribution in [2.75, 3.05) is 17.1 Å². The molecule has 31 heavy (non-hydrogen) atoms. The molecule has 152 valence electrons. The van der Waals surface area contributed by atoms with E-state index in [4.69, 9.17) is 9.39 Å². The molecule has 0 aliphatic carbocycles. The molecule has 2 N–H and O–H groups in total. The molecular weight excluding hydrogens is 407 g/mol. The van der Waals surface area contributed by atoms with Crippen LogP contribution in [0.5, 0.6) is 11.5 Å². The highest BCUT2D eigenvalue weighted by Crippen LogP contribution is 2.30. The Morgan fingerprint density at radius 3 is 2.42 bits per heavy atom. The lowest BCUT2D eigenvalue weighted by molar-refractivity contribution is 0.482. The molecule has 0 spiro atoms. The number of benzene rings is 3. The Kier molecular flexibility index (Phi) is 5.73. The van der Waals surface area contributed by atoms with E-state index in [0.717, 1.165) is 45.1 Å². The van der Waals surface area contributed by atoms with E-state index in [1.165, 1.54) is 0 Å². The molecule has 2 heterocycles. The van der Waals surface area contributed by atoms with Gasteiger partial charge in [-0.1, -0.05) is 36.0 Å². The quantitative estimate of drug-likeness (QED) is 0.215. The highest BCUT2D eigenvalue weighted by atomic mass is 32.2. The second kappa shape index (κ2) is 9.12. The third-order valence-corrected chi connectivity index (χ3v) is 5.40. The molecule has 1 fully saturated rings. The number of nitrogens with one attached hydrogen (secondary N) is 2. The Labute approximate surface area is 185 Å². The summed E-state index contributed by atoms with van der Waals surface area (Å²) in [6.45, 7) is 0.753. The van der Waals surface area contributed by atoms with E-state index in [1.54, 1.807) is 18.1 Å². The summed E-state index contributed by atoms with van der Waals surface area (Å²) in [5, 5.41) is 7.49. The molecule has 5 rings (SSSR count). The van der Waals surface area contributed by atoms with Crippen molar-refractivity contribution < 1.29 is 9.39 Å². The van der Waals surface area contributed by atoms with Gasteiger partial charge in [-0.3, -0.25) is 0 Å². The molecule has 0 radical (unpaired) electrons. The molecule has 1 aliphatic rings. The lowest BCUT2D eigenvalue weighted by atomic mass is 9.96. The lowest BCUT2D eigenvalue weighted by Gasteiger charge is -2.09. The first-order valence-corrected chi connectivity index (χ1v) is 10.7. The average molecular weight is 426 g/mol. The fourth-order valence-corrected chi connectivity index (χ4v) is 3.72. The third-order valence-electron chi connectivity index (χ3n) is 4.46. The average Bonchev–Trinajstić information content (AvgIpc) is 3.60. The molecule has 0 amide bonds. The largest absolute Gasteiger partial charge is 0.457 e. The molecule has 4 aromatic rings. The van der Waals surface area contributed by atoms with Gasteiger partial charge in [-0.25, -0.2) is 9.97 Å². The van der Waals surface area contributed by atoms with Crippen LogP contribution in [0.3, 0.4) is 0 Å². The first-order valence-electron chi connectivity index (χ1n) is 9.88. The van der Waals surface area contributed by atoms with E-state index < -0.39 is 0 Å². The molecular formula is C23H19BN4O2S. The van der Waals surface area contributed by atoms with Crippen LogP contribution >= 0.6 is 11.8 Å². The van der Waals surface area contributed by atoms with Crippen LogP contribution in [0.15, 0.2) is 101 Å². The summed E-state index contributed by atoms with van der Waals surface area (Å²) in [6.07, 6.45) is 1.57. The van der Waals surface area contributed by atoms with Crippen molar-refractivity contribution in [3.05, 3.63) is 91.3 Å². The highest BCUT2D eigenvalue weighted by Gasteiger charge is 2.30. The van der Waals surface area contributed by atoms with E-state index >= 15 is 0 Å². The molecule has 3 aromatic carbocycles. The van der Waals surface area contributed by atoms with Crippen LogP contribution in [-0.2, 0) is 4.65 Å². The second-order valence-corrected chi connectivity index (χ2v) is 8.00.